The topological polar surface area (TPSA) is 174 Å². The number of amides is 5. The number of hydrogen-bond acceptors (Lipinski definition) is 7. The monoisotopic (exact) mass is 720 g/mol. The molecule has 1 heterocycles. The van der Waals surface area contributed by atoms with Crippen molar-refractivity contribution in [2.24, 2.45) is 34.5 Å². The minimum atomic E-state index is -3.50. The Balaban J connectivity index is 1.56. The van der Waals surface area contributed by atoms with Crippen LogP contribution >= 0.6 is 0 Å². The second-order valence-electron chi connectivity index (χ2n) is 16.8. The second-order valence-corrected chi connectivity index (χ2v) is 18.9. The van der Waals surface area contributed by atoms with Gasteiger partial charge in [0.2, 0.25) is 27.6 Å². The van der Waals surface area contributed by atoms with Crippen LogP contribution in [0, 0.1) is 34.5 Å². The van der Waals surface area contributed by atoms with Gasteiger partial charge >= 0.3 is 6.03 Å². The number of likely N-dealkylation sites (N-methyl/N-ethyl adjacent to an activating group) is 1. The summed E-state index contributed by atoms with van der Waals surface area (Å²) in [7, 11) is -2.03. The molecule has 1 unspecified atom stereocenters. The van der Waals surface area contributed by atoms with Gasteiger partial charge in [0.15, 0.2) is 0 Å². The lowest BCUT2D eigenvalue weighted by Gasteiger charge is -2.38. The van der Waals surface area contributed by atoms with E-state index in [1.807, 2.05) is 20.8 Å². The predicted molar refractivity (Wildman–Crippen MR) is 191 cm³/mol. The van der Waals surface area contributed by atoms with E-state index in [-0.39, 0.29) is 48.1 Å². The molecule has 282 valence electrons. The molecule has 0 radical (unpaired) electrons. The minimum Gasteiger partial charge on any atom is -0.346 e. The molecule has 50 heavy (non-hydrogen) atoms. The Morgan fingerprint density at radius 1 is 0.980 bits per heavy atom. The number of Topliss-reactive ketones (excluding diaryl/α,β-unsaturated/α-hetero) is 1. The van der Waals surface area contributed by atoms with Crippen molar-refractivity contribution in [2.75, 3.05) is 32.9 Å². The first kappa shape index (κ1) is 39.8. The molecule has 4 fully saturated rings. The summed E-state index contributed by atoms with van der Waals surface area (Å²) < 4.78 is 25.6. The highest BCUT2D eigenvalue weighted by Gasteiger charge is 2.69. The van der Waals surface area contributed by atoms with Crippen LogP contribution in [-0.2, 0) is 29.2 Å². The third kappa shape index (κ3) is 9.26. The van der Waals surface area contributed by atoms with Gasteiger partial charge in [0.1, 0.15) is 12.1 Å². The molecule has 3 saturated carbocycles. The Morgan fingerprint density at radius 3 is 2.16 bits per heavy atom. The number of urea groups is 1. The number of sulfonamides is 1. The highest BCUT2D eigenvalue weighted by molar-refractivity contribution is 7.88. The number of nitrogens with one attached hydrogen (secondary N) is 4. The van der Waals surface area contributed by atoms with Crippen molar-refractivity contribution in [3.05, 3.63) is 12.7 Å². The van der Waals surface area contributed by atoms with Gasteiger partial charge in [-0.2, -0.15) is 0 Å². The SMILES string of the molecule is C=CCNC(=O)C(=O)C(CC1CCC1)NC(=O)[C@@H]1[C@@H]2[C@H](CN1C(=O)[C@@H](NC(=O)N[C@H](CN(C)S(C)(=O)=O)C(C)(C)C)C1CCCCC1)C2(C)C. The van der Waals surface area contributed by atoms with E-state index in [0.29, 0.717) is 13.0 Å². The Labute approximate surface area is 298 Å². The fourth-order valence-corrected chi connectivity index (χ4v) is 8.49. The smallest absolute Gasteiger partial charge is 0.315 e. The van der Waals surface area contributed by atoms with E-state index in [0.717, 1.165) is 57.6 Å². The van der Waals surface area contributed by atoms with E-state index in [2.05, 4.69) is 41.7 Å². The predicted octanol–water partition coefficient (Wildman–Crippen LogP) is 2.57. The molecular weight excluding hydrogens is 660 g/mol. The van der Waals surface area contributed by atoms with E-state index in [9.17, 15) is 32.4 Å². The lowest BCUT2D eigenvalue weighted by Crippen LogP contribution is -2.62. The van der Waals surface area contributed by atoms with Crippen molar-refractivity contribution in [1.29, 1.82) is 0 Å². The molecule has 0 aromatic rings. The molecule has 4 N–H and O–H groups in total. The van der Waals surface area contributed by atoms with Crippen molar-refractivity contribution < 1.29 is 32.4 Å². The van der Waals surface area contributed by atoms with Crippen molar-refractivity contribution in [1.82, 2.24) is 30.5 Å². The third-order valence-electron chi connectivity index (χ3n) is 11.8. The first-order valence-corrected chi connectivity index (χ1v) is 20.1. The van der Waals surface area contributed by atoms with Gasteiger partial charge < -0.3 is 26.2 Å². The van der Waals surface area contributed by atoms with Gasteiger partial charge in [0.25, 0.3) is 5.91 Å². The Morgan fingerprint density at radius 2 is 1.62 bits per heavy atom. The molecular formula is C36H60N6O7S. The molecule has 0 aromatic carbocycles. The minimum absolute atomic E-state index is 0.0525. The van der Waals surface area contributed by atoms with Gasteiger partial charge in [-0.15, -0.1) is 6.58 Å². The van der Waals surface area contributed by atoms with Crippen LogP contribution in [0.3, 0.4) is 0 Å². The van der Waals surface area contributed by atoms with Crippen LogP contribution in [0.5, 0.6) is 0 Å². The summed E-state index contributed by atoms with van der Waals surface area (Å²) in [6.07, 6.45) is 10.2. The van der Waals surface area contributed by atoms with Crippen LogP contribution in [0.15, 0.2) is 12.7 Å². The average Bonchev–Trinajstić information content (AvgIpc) is 3.32. The quantitative estimate of drug-likeness (QED) is 0.149. The molecule has 3 aliphatic carbocycles. The summed E-state index contributed by atoms with van der Waals surface area (Å²) in [5.74, 6) is -2.21. The molecule has 1 saturated heterocycles. The maximum absolute atomic E-state index is 14.6. The Kier molecular flexibility index (Phi) is 12.5. The molecule has 13 nitrogen and oxygen atoms in total. The first-order chi connectivity index (χ1) is 23.3. The van der Waals surface area contributed by atoms with Crippen LogP contribution in [0.2, 0.25) is 0 Å². The lowest BCUT2D eigenvalue weighted by molar-refractivity contribution is -0.145. The summed E-state index contributed by atoms with van der Waals surface area (Å²) in [6, 6.07) is -3.88. The molecule has 4 rings (SSSR count). The van der Waals surface area contributed by atoms with Crippen LogP contribution in [0.1, 0.15) is 92.4 Å². The van der Waals surface area contributed by atoms with Gasteiger partial charge in [0.05, 0.1) is 12.3 Å². The van der Waals surface area contributed by atoms with Crippen LogP contribution < -0.4 is 21.3 Å². The van der Waals surface area contributed by atoms with E-state index < -0.39 is 63.2 Å². The number of ketones is 1. The number of likely N-dealkylation sites (tertiary alicyclic amines) is 1. The van der Waals surface area contributed by atoms with Crippen molar-refractivity contribution in [3.8, 4) is 0 Å². The molecule has 5 amide bonds. The second kappa shape index (κ2) is 15.7. The molecule has 0 bridgehead atoms. The lowest BCUT2D eigenvalue weighted by atomic mass is 9.80. The summed E-state index contributed by atoms with van der Waals surface area (Å²) in [6.45, 7) is 14.0. The van der Waals surface area contributed by atoms with Crippen molar-refractivity contribution in [2.45, 2.75) is 117 Å². The summed E-state index contributed by atoms with van der Waals surface area (Å²) in [5, 5.41) is 11.3. The molecule has 1 aliphatic heterocycles. The maximum Gasteiger partial charge on any atom is 0.315 e. The number of nitrogens with zero attached hydrogens (tertiary/aromatic N) is 2. The number of carbonyl (C=O) groups is 5. The molecule has 14 heteroatoms. The molecule has 0 aromatic heterocycles. The Bertz CT molecular complexity index is 1420. The fourth-order valence-electron chi connectivity index (χ4n) is 8.07. The van der Waals surface area contributed by atoms with E-state index in [4.69, 9.17) is 0 Å². The highest BCUT2D eigenvalue weighted by Crippen LogP contribution is 2.65. The summed E-state index contributed by atoms with van der Waals surface area (Å²) >= 11 is 0. The maximum atomic E-state index is 14.6. The zero-order valence-electron chi connectivity index (χ0n) is 31.0. The first-order valence-electron chi connectivity index (χ1n) is 18.3. The normalized spacial score (nSPS) is 25.4. The van der Waals surface area contributed by atoms with Crippen LogP contribution in [0.4, 0.5) is 4.79 Å². The van der Waals surface area contributed by atoms with Crippen LogP contribution in [-0.4, -0.2) is 104 Å². The largest absolute Gasteiger partial charge is 0.346 e. The van der Waals surface area contributed by atoms with Crippen molar-refractivity contribution in [3.63, 3.8) is 0 Å². The zero-order chi connectivity index (χ0) is 37.2. The van der Waals surface area contributed by atoms with Gasteiger partial charge in [-0.3, -0.25) is 19.2 Å². The summed E-state index contributed by atoms with van der Waals surface area (Å²) in [4.78, 5) is 70.1. The number of piperidine rings is 1. The number of rotatable bonds is 15. The van der Waals surface area contributed by atoms with Gasteiger partial charge in [0, 0.05) is 32.7 Å². The highest BCUT2D eigenvalue weighted by atomic mass is 32.2. The van der Waals surface area contributed by atoms with Gasteiger partial charge in [-0.1, -0.05) is 79.2 Å². The average molecular weight is 721 g/mol. The fraction of sp³-hybridized carbons (Fsp3) is 0.806. The Hall–Kier alpha value is -3.00. The van der Waals surface area contributed by atoms with Crippen LogP contribution in [0.25, 0.3) is 0 Å². The van der Waals surface area contributed by atoms with E-state index in [1.165, 1.54) is 17.4 Å². The zero-order valence-corrected chi connectivity index (χ0v) is 31.9. The molecule has 0 spiro atoms. The molecule has 4 aliphatic rings. The number of carbonyl (C=O) groups excluding carboxylic acids is 5. The third-order valence-corrected chi connectivity index (χ3v) is 13.1. The number of hydrogen-bond donors (Lipinski definition) is 4. The van der Waals surface area contributed by atoms with E-state index >= 15 is 0 Å². The van der Waals surface area contributed by atoms with Crippen molar-refractivity contribution >= 4 is 39.6 Å². The summed E-state index contributed by atoms with van der Waals surface area (Å²) in [5.41, 5.74) is -0.689. The molecule has 6 atom stereocenters. The standard InChI is InChI=1S/C36H60N6O7S/c1-9-18-37-32(45)30(43)25(19-22-14-13-15-22)38-31(44)29-27-24(36(27,5)6)20-42(29)33(46)28(23-16-11-10-12-17-23)40-34(47)39-26(35(2,3)4)21-41(7)50(8,48)49/h9,22-29H,1,10-21H2,2-8H3,(H,37,45)(H,38,44)(H2,39,40,47)/t24-,25?,26+,27-,28-,29-/m0/s1. The van der Waals surface area contributed by atoms with E-state index in [1.54, 1.807) is 4.90 Å². The van der Waals surface area contributed by atoms with Gasteiger partial charge in [-0.25, -0.2) is 17.5 Å². The number of fused-ring (bicyclic) bond motifs is 1. The van der Waals surface area contributed by atoms with Gasteiger partial charge in [-0.05, 0) is 53.8 Å².